The van der Waals surface area contributed by atoms with Crippen LogP contribution < -0.4 is 5.32 Å². The fraction of sp³-hybridized carbons (Fsp3) is 1.00. The minimum atomic E-state index is -4.21. The molecule has 2 aliphatic rings. The van der Waals surface area contributed by atoms with Gasteiger partial charge in [-0.2, -0.15) is 13.2 Å². The first-order chi connectivity index (χ1) is 7.89. The van der Waals surface area contributed by atoms with E-state index in [9.17, 15) is 13.2 Å². The molecule has 2 nitrogen and oxygen atoms in total. The number of nitrogens with one attached hydrogen (secondary N) is 1. The molecule has 5 heteroatoms. The zero-order chi connectivity index (χ0) is 12.5. The summed E-state index contributed by atoms with van der Waals surface area (Å²) in [5.74, 6) is 0.530. The van der Waals surface area contributed by atoms with Gasteiger partial charge in [-0.05, 0) is 31.6 Å². The first-order valence-corrected chi connectivity index (χ1v) is 6.27. The summed E-state index contributed by atoms with van der Waals surface area (Å²) in [5, 5.41) is 3.40. The van der Waals surface area contributed by atoms with Crippen LogP contribution in [0.4, 0.5) is 13.2 Å². The third kappa shape index (κ3) is 4.47. The van der Waals surface area contributed by atoms with Crippen molar-refractivity contribution in [1.82, 2.24) is 5.32 Å². The van der Waals surface area contributed by atoms with E-state index in [1.807, 2.05) is 6.92 Å². The molecule has 0 aromatic rings. The van der Waals surface area contributed by atoms with Crippen molar-refractivity contribution in [2.24, 2.45) is 11.3 Å². The van der Waals surface area contributed by atoms with Crippen LogP contribution in [0, 0.1) is 11.3 Å². The number of ether oxygens (including phenoxy) is 1. The average Bonchev–Trinajstić information content (AvgIpc) is 3.04. The third-order valence-corrected chi connectivity index (χ3v) is 3.63. The summed E-state index contributed by atoms with van der Waals surface area (Å²) in [6, 6.07) is 0.593. The largest absolute Gasteiger partial charge is 0.411 e. The molecule has 2 rings (SSSR count). The fourth-order valence-corrected chi connectivity index (χ4v) is 2.16. The molecule has 0 aromatic carbocycles. The van der Waals surface area contributed by atoms with Crippen molar-refractivity contribution in [3.63, 3.8) is 0 Å². The Morgan fingerprint density at radius 3 is 2.24 bits per heavy atom. The molecule has 0 spiro atoms. The van der Waals surface area contributed by atoms with Crippen molar-refractivity contribution < 1.29 is 17.9 Å². The van der Waals surface area contributed by atoms with Crippen LogP contribution in [0.5, 0.6) is 0 Å². The summed E-state index contributed by atoms with van der Waals surface area (Å²) in [7, 11) is 0. The molecular weight excluding hydrogens is 231 g/mol. The van der Waals surface area contributed by atoms with Gasteiger partial charge in [-0.15, -0.1) is 0 Å². The average molecular weight is 251 g/mol. The molecule has 0 saturated heterocycles. The van der Waals surface area contributed by atoms with Crippen LogP contribution in [0.15, 0.2) is 0 Å². The molecule has 0 heterocycles. The van der Waals surface area contributed by atoms with E-state index < -0.39 is 12.8 Å². The second kappa shape index (κ2) is 4.76. The van der Waals surface area contributed by atoms with E-state index in [1.54, 1.807) is 0 Å². The van der Waals surface area contributed by atoms with Crippen molar-refractivity contribution in [2.45, 2.75) is 44.8 Å². The van der Waals surface area contributed by atoms with Gasteiger partial charge >= 0.3 is 6.18 Å². The Hall–Kier alpha value is -0.290. The lowest BCUT2D eigenvalue weighted by atomic mass is 9.85. The summed E-state index contributed by atoms with van der Waals surface area (Å²) in [6.07, 6.45) is 0.430. The lowest BCUT2D eigenvalue weighted by molar-refractivity contribution is -0.181. The van der Waals surface area contributed by atoms with E-state index in [-0.39, 0.29) is 12.0 Å². The summed E-state index contributed by atoms with van der Waals surface area (Å²) >= 11 is 0. The van der Waals surface area contributed by atoms with Gasteiger partial charge in [0.1, 0.15) is 6.61 Å². The summed E-state index contributed by atoms with van der Waals surface area (Å²) in [5.41, 5.74) is -0.131. The van der Waals surface area contributed by atoms with E-state index in [4.69, 9.17) is 4.74 Å². The molecule has 2 saturated carbocycles. The zero-order valence-electron chi connectivity index (χ0n) is 10.1. The second-order valence-corrected chi connectivity index (χ2v) is 5.69. The van der Waals surface area contributed by atoms with Gasteiger partial charge in [0.15, 0.2) is 0 Å². The summed E-state index contributed by atoms with van der Waals surface area (Å²) in [6.45, 7) is 1.90. The molecule has 2 fully saturated rings. The number of rotatable bonds is 7. The van der Waals surface area contributed by atoms with Crippen molar-refractivity contribution in [1.29, 1.82) is 0 Å². The highest BCUT2D eigenvalue weighted by Crippen LogP contribution is 2.45. The van der Waals surface area contributed by atoms with Crippen LogP contribution in [0.1, 0.15) is 32.6 Å². The quantitative estimate of drug-likeness (QED) is 0.751. The van der Waals surface area contributed by atoms with Crippen LogP contribution in [-0.2, 0) is 4.74 Å². The van der Waals surface area contributed by atoms with Crippen molar-refractivity contribution in [2.75, 3.05) is 19.8 Å². The molecule has 0 amide bonds. The third-order valence-electron chi connectivity index (χ3n) is 3.63. The number of alkyl halides is 3. The van der Waals surface area contributed by atoms with Crippen LogP contribution >= 0.6 is 0 Å². The van der Waals surface area contributed by atoms with Gasteiger partial charge in [0, 0.05) is 18.0 Å². The van der Waals surface area contributed by atoms with E-state index >= 15 is 0 Å². The van der Waals surface area contributed by atoms with Gasteiger partial charge in [0.25, 0.3) is 0 Å². The van der Waals surface area contributed by atoms with Gasteiger partial charge < -0.3 is 10.1 Å². The monoisotopic (exact) mass is 251 g/mol. The summed E-state index contributed by atoms with van der Waals surface area (Å²) in [4.78, 5) is 0. The molecule has 1 atom stereocenters. The van der Waals surface area contributed by atoms with Crippen LogP contribution in [0.25, 0.3) is 0 Å². The van der Waals surface area contributed by atoms with Gasteiger partial charge in [-0.1, -0.05) is 6.92 Å². The SMILES string of the molecule is CC(CNC1CC1)(COCC(F)(F)F)C1CC1. The minimum absolute atomic E-state index is 0.131. The predicted molar refractivity (Wildman–Crippen MR) is 58.7 cm³/mol. The Balaban J connectivity index is 1.74. The molecule has 2 aliphatic carbocycles. The van der Waals surface area contributed by atoms with Gasteiger partial charge in [-0.3, -0.25) is 0 Å². The zero-order valence-corrected chi connectivity index (χ0v) is 10.1. The lowest BCUT2D eigenvalue weighted by Gasteiger charge is -2.30. The van der Waals surface area contributed by atoms with E-state index in [1.165, 1.54) is 12.8 Å². The highest BCUT2D eigenvalue weighted by atomic mass is 19.4. The molecule has 0 aliphatic heterocycles. The van der Waals surface area contributed by atoms with E-state index in [2.05, 4.69) is 5.32 Å². The molecule has 17 heavy (non-hydrogen) atoms. The summed E-state index contributed by atoms with van der Waals surface area (Å²) < 4.78 is 40.9. The Morgan fingerprint density at radius 1 is 1.12 bits per heavy atom. The Morgan fingerprint density at radius 2 is 1.76 bits per heavy atom. The standard InChI is InChI=1S/C12H20F3NO/c1-11(9-2-3-9,6-16-10-4-5-10)7-17-8-12(13,14)15/h9-10,16H,2-8H2,1H3. The molecule has 1 unspecified atom stereocenters. The highest BCUT2D eigenvalue weighted by molar-refractivity contribution is 4.94. The van der Waals surface area contributed by atoms with Gasteiger partial charge in [0.05, 0.1) is 6.61 Å². The normalized spacial score (nSPS) is 24.7. The highest BCUT2D eigenvalue weighted by Gasteiger charge is 2.43. The first-order valence-electron chi connectivity index (χ1n) is 6.27. The van der Waals surface area contributed by atoms with Crippen molar-refractivity contribution >= 4 is 0 Å². The number of hydrogen-bond acceptors (Lipinski definition) is 2. The molecule has 0 aromatic heterocycles. The van der Waals surface area contributed by atoms with Crippen molar-refractivity contribution in [3.8, 4) is 0 Å². The fourth-order valence-electron chi connectivity index (χ4n) is 2.16. The molecule has 1 N–H and O–H groups in total. The van der Waals surface area contributed by atoms with E-state index in [0.717, 1.165) is 19.4 Å². The minimum Gasteiger partial charge on any atom is -0.371 e. The Bertz CT molecular complexity index is 261. The maximum atomic E-state index is 12.0. The van der Waals surface area contributed by atoms with Gasteiger partial charge in [-0.25, -0.2) is 0 Å². The lowest BCUT2D eigenvalue weighted by Crippen LogP contribution is -2.39. The smallest absolute Gasteiger partial charge is 0.371 e. The molecule has 0 radical (unpaired) electrons. The van der Waals surface area contributed by atoms with Crippen molar-refractivity contribution in [3.05, 3.63) is 0 Å². The molecular formula is C12H20F3NO. The topological polar surface area (TPSA) is 21.3 Å². The maximum Gasteiger partial charge on any atom is 0.411 e. The second-order valence-electron chi connectivity index (χ2n) is 5.69. The number of hydrogen-bond donors (Lipinski definition) is 1. The maximum absolute atomic E-state index is 12.0. The van der Waals surface area contributed by atoms with Gasteiger partial charge in [0.2, 0.25) is 0 Å². The molecule has 100 valence electrons. The van der Waals surface area contributed by atoms with Crippen LogP contribution in [-0.4, -0.2) is 32.0 Å². The predicted octanol–water partition coefficient (Wildman–Crippen LogP) is 2.73. The molecule has 0 bridgehead atoms. The van der Waals surface area contributed by atoms with E-state index in [0.29, 0.717) is 12.0 Å². The Kier molecular flexibility index (Phi) is 3.69. The number of halogens is 3. The first kappa shape index (κ1) is 13.1. The van der Waals surface area contributed by atoms with Crippen LogP contribution in [0.3, 0.4) is 0 Å². The van der Waals surface area contributed by atoms with Crippen LogP contribution in [0.2, 0.25) is 0 Å². The Labute approximate surface area is 99.9 Å².